The number of Topliss-reactive ketones (excluding diaryl/α,β-unsaturated/α-hetero) is 1. The number of piperazine rings is 1. The highest BCUT2D eigenvalue weighted by atomic mass is 35.5. The van der Waals surface area contributed by atoms with E-state index in [1.165, 1.54) is 24.1 Å². The van der Waals surface area contributed by atoms with Crippen LogP contribution in [0.25, 0.3) is 11.3 Å². The number of hydrogen-bond donors (Lipinski definition) is 1. The van der Waals surface area contributed by atoms with Gasteiger partial charge in [-0.1, -0.05) is 11.3 Å². The highest BCUT2D eigenvalue weighted by Crippen LogP contribution is 2.34. The summed E-state index contributed by atoms with van der Waals surface area (Å²) in [7, 11) is 3.39. The van der Waals surface area contributed by atoms with E-state index in [9.17, 15) is 18.8 Å². The van der Waals surface area contributed by atoms with Crippen LogP contribution in [0.15, 0.2) is 18.2 Å². The van der Waals surface area contributed by atoms with E-state index in [1.807, 2.05) is 11.9 Å². The Morgan fingerprint density at radius 2 is 1.98 bits per heavy atom. The van der Waals surface area contributed by atoms with Gasteiger partial charge in [0, 0.05) is 51.0 Å². The summed E-state index contributed by atoms with van der Waals surface area (Å²) in [6.07, 6.45) is -1.39. The molecule has 0 bridgehead atoms. The summed E-state index contributed by atoms with van der Waals surface area (Å²) < 4.78 is 40.8. The molecule has 0 aliphatic carbocycles. The number of rotatable bonds is 7. The molecule has 4 heterocycles. The van der Waals surface area contributed by atoms with Gasteiger partial charge in [-0.15, -0.1) is 11.6 Å². The van der Waals surface area contributed by atoms with Crippen LogP contribution in [0.4, 0.5) is 13.9 Å². The molecule has 1 aromatic heterocycles. The molecule has 5 rings (SSSR count). The number of likely N-dealkylation sites (N-methyl/N-ethyl adjacent to an activating group) is 1. The van der Waals surface area contributed by atoms with Crippen LogP contribution in [0.2, 0.25) is 0 Å². The monoisotopic (exact) mass is 597 g/mol. The number of anilines is 1. The van der Waals surface area contributed by atoms with Crippen molar-refractivity contribution < 1.29 is 32.6 Å². The third-order valence-electron chi connectivity index (χ3n) is 7.63. The van der Waals surface area contributed by atoms with Crippen LogP contribution in [0, 0.1) is 10.9 Å². The maximum Gasteiger partial charge on any atom is 0.252 e. The Hall–Kier alpha value is -2.71. The van der Waals surface area contributed by atoms with E-state index in [4.69, 9.17) is 21.1 Å². The molecule has 3 saturated heterocycles. The minimum atomic E-state index is -1.18. The fourth-order valence-electron chi connectivity index (χ4n) is 5.18. The Bertz CT molecular complexity index is 1310. The van der Waals surface area contributed by atoms with Crippen LogP contribution in [0.5, 0.6) is 0 Å². The second-order valence-corrected chi connectivity index (χ2v) is 11.7. The Labute approximate surface area is 239 Å². The third kappa shape index (κ3) is 5.45. The van der Waals surface area contributed by atoms with Gasteiger partial charge in [-0.25, -0.2) is 9.37 Å². The van der Waals surface area contributed by atoms with E-state index in [1.54, 1.807) is 6.92 Å². The van der Waals surface area contributed by atoms with Crippen molar-refractivity contribution in [3.05, 3.63) is 34.7 Å². The number of carbonyl (C=O) groups is 3. The topological polar surface area (TPSA) is 104 Å². The maximum absolute atomic E-state index is 15.2. The molecule has 10 nitrogen and oxygen atoms in total. The Morgan fingerprint density at radius 3 is 2.65 bits per heavy atom. The Morgan fingerprint density at radius 1 is 1.25 bits per heavy atom. The van der Waals surface area contributed by atoms with Gasteiger partial charge in [0.25, 0.3) is 5.91 Å². The van der Waals surface area contributed by atoms with Gasteiger partial charge in [0.15, 0.2) is 10.9 Å². The number of carbonyl (C=O) groups excluding carboxylic acids is 3. The van der Waals surface area contributed by atoms with Gasteiger partial charge in [0.2, 0.25) is 11.0 Å². The molecular formula is C26H30ClF2N5O5S. The number of aromatic nitrogens is 1. The maximum atomic E-state index is 15.2. The number of nitrogens with one attached hydrogen (secondary N) is 1. The zero-order chi connectivity index (χ0) is 28.7. The predicted molar refractivity (Wildman–Crippen MR) is 145 cm³/mol. The largest absolute Gasteiger partial charge is 0.379 e. The number of amides is 2. The van der Waals surface area contributed by atoms with E-state index in [0.717, 1.165) is 30.5 Å². The highest BCUT2D eigenvalue weighted by molar-refractivity contribution is 7.14. The first-order valence-electron chi connectivity index (χ1n) is 12.9. The number of hydrogen-bond acceptors (Lipinski definition) is 9. The van der Waals surface area contributed by atoms with Gasteiger partial charge >= 0.3 is 0 Å². The molecule has 14 heteroatoms. The van der Waals surface area contributed by atoms with Gasteiger partial charge in [-0.2, -0.15) is 4.39 Å². The van der Waals surface area contributed by atoms with Crippen LogP contribution in [0.3, 0.4) is 0 Å². The number of halogens is 3. The zero-order valence-corrected chi connectivity index (χ0v) is 23.8. The van der Waals surface area contributed by atoms with Gasteiger partial charge in [0.1, 0.15) is 36.3 Å². The summed E-state index contributed by atoms with van der Waals surface area (Å²) >= 11 is 7.17. The van der Waals surface area contributed by atoms with E-state index in [-0.39, 0.29) is 35.8 Å². The van der Waals surface area contributed by atoms with Gasteiger partial charge < -0.3 is 29.5 Å². The SMILES string of the molecule is COC(C)C(NC(=O)c1ccc(-c2nc(N3CCN(C)CC3)sc2F)c(F)c1)C(=O)N1CC(Cl)C2OCC(=O)C21. The molecule has 3 fully saturated rings. The fraction of sp³-hybridized carbons (Fsp3) is 0.538. The van der Waals surface area contributed by atoms with Crippen molar-refractivity contribution in [1.29, 1.82) is 0 Å². The Balaban J connectivity index is 1.33. The molecule has 5 atom stereocenters. The molecule has 2 amide bonds. The molecule has 0 spiro atoms. The second kappa shape index (κ2) is 11.6. The summed E-state index contributed by atoms with van der Waals surface area (Å²) in [5, 5.41) is 1.90. The van der Waals surface area contributed by atoms with Gasteiger partial charge in [0.05, 0.1) is 11.5 Å². The number of likely N-dealkylation sites (tertiary alicyclic amines) is 1. The minimum Gasteiger partial charge on any atom is -0.379 e. The van der Waals surface area contributed by atoms with Crippen molar-refractivity contribution in [1.82, 2.24) is 20.1 Å². The lowest BCUT2D eigenvalue weighted by Gasteiger charge is -2.31. The van der Waals surface area contributed by atoms with Crippen molar-refractivity contribution in [3.8, 4) is 11.3 Å². The predicted octanol–water partition coefficient (Wildman–Crippen LogP) is 1.76. The third-order valence-corrected chi connectivity index (χ3v) is 8.93. The number of fused-ring (bicyclic) bond motifs is 1. The summed E-state index contributed by atoms with van der Waals surface area (Å²) in [6.45, 7) is 4.54. The van der Waals surface area contributed by atoms with Crippen molar-refractivity contribution in [2.75, 3.05) is 58.4 Å². The molecule has 0 radical (unpaired) electrons. The smallest absolute Gasteiger partial charge is 0.252 e. The lowest BCUT2D eigenvalue weighted by molar-refractivity contribution is -0.140. The van der Waals surface area contributed by atoms with Crippen LogP contribution in [-0.4, -0.2) is 116 Å². The molecule has 3 aliphatic heterocycles. The van der Waals surface area contributed by atoms with Crippen LogP contribution in [0.1, 0.15) is 17.3 Å². The summed E-state index contributed by atoms with van der Waals surface area (Å²) in [5.41, 5.74) is -0.265. The van der Waals surface area contributed by atoms with Crippen LogP contribution < -0.4 is 10.2 Å². The molecule has 216 valence electrons. The van der Waals surface area contributed by atoms with Crippen LogP contribution >= 0.6 is 22.9 Å². The molecule has 2 aromatic rings. The number of thiazole rings is 1. The lowest BCUT2D eigenvalue weighted by Crippen LogP contribution is -2.56. The van der Waals surface area contributed by atoms with Crippen molar-refractivity contribution in [2.45, 2.75) is 36.6 Å². The van der Waals surface area contributed by atoms with E-state index >= 15 is 4.39 Å². The average molecular weight is 598 g/mol. The minimum absolute atomic E-state index is 0.0698. The first-order chi connectivity index (χ1) is 19.1. The summed E-state index contributed by atoms with van der Waals surface area (Å²) in [4.78, 5) is 48.8. The number of nitrogens with zero attached hydrogens (tertiary/aromatic N) is 4. The van der Waals surface area contributed by atoms with E-state index in [2.05, 4.69) is 15.2 Å². The number of ketones is 1. The van der Waals surface area contributed by atoms with Gasteiger partial charge in [-0.05, 0) is 32.2 Å². The fourth-order valence-corrected chi connectivity index (χ4v) is 6.40. The van der Waals surface area contributed by atoms with E-state index in [0.29, 0.717) is 18.2 Å². The summed E-state index contributed by atoms with van der Waals surface area (Å²) in [6, 6.07) is 1.60. The first kappa shape index (κ1) is 28.8. The molecule has 1 aromatic carbocycles. The average Bonchev–Trinajstić information content (AvgIpc) is 3.61. The molecular weight excluding hydrogens is 568 g/mol. The molecule has 0 saturated carbocycles. The molecule has 5 unspecified atom stereocenters. The molecule has 40 heavy (non-hydrogen) atoms. The second-order valence-electron chi connectivity index (χ2n) is 10.2. The Kier molecular flexibility index (Phi) is 8.39. The molecule has 3 aliphatic rings. The normalized spacial score (nSPS) is 24.8. The highest BCUT2D eigenvalue weighted by Gasteiger charge is 2.53. The number of ether oxygens (including phenoxy) is 2. The first-order valence-corrected chi connectivity index (χ1v) is 14.2. The number of benzene rings is 1. The quantitative estimate of drug-likeness (QED) is 0.482. The van der Waals surface area contributed by atoms with Crippen LogP contribution in [-0.2, 0) is 19.1 Å². The van der Waals surface area contributed by atoms with Crippen molar-refractivity contribution in [3.63, 3.8) is 0 Å². The standard InChI is InChI=1S/C26H30ClF2N5O5S/c1-13(38-3)19(25(37)34-11-16(27)22-21(34)18(35)12-39-22)30-24(36)14-4-5-15(17(28)10-14)20-23(29)40-26(31-20)33-8-6-32(2)7-9-33/h4-5,10,13,16,19,21-22H,6-9,11-12H2,1-3H3,(H,30,36). The van der Waals surface area contributed by atoms with Gasteiger partial charge in [-0.3, -0.25) is 14.4 Å². The van der Waals surface area contributed by atoms with Crippen molar-refractivity contribution in [2.24, 2.45) is 0 Å². The van der Waals surface area contributed by atoms with Crippen molar-refractivity contribution >= 4 is 45.7 Å². The number of methoxy groups -OCH3 is 1. The number of alkyl halides is 1. The summed E-state index contributed by atoms with van der Waals surface area (Å²) in [5.74, 6) is -2.39. The van der Waals surface area contributed by atoms with E-state index < -0.39 is 52.4 Å². The zero-order valence-electron chi connectivity index (χ0n) is 22.2. The lowest BCUT2D eigenvalue weighted by atomic mass is 10.1. The molecule has 1 N–H and O–H groups in total.